The maximum Gasteiger partial charge on any atom is 0.251 e. The fraction of sp³-hybridized carbons (Fsp3) is 0.250. The summed E-state index contributed by atoms with van der Waals surface area (Å²) in [7, 11) is -3.74. The molecule has 0 aliphatic carbocycles. The van der Waals surface area contributed by atoms with Crippen molar-refractivity contribution < 1.29 is 13.2 Å². The van der Waals surface area contributed by atoms with Gasteiger partial charge in [-0.05, 0) is 54.3 Å². The van der Waals surface area contributed by atoms with Crippen molar-refractivity contribution in [3.8, 4) is 0 Å². The fourth-order valence-corrected chi connectivity index (χ4v) is 4.90. The van der Waals surface area contributed by atoms with E-state index in [4.69, 9.17) is 0 Å². The molecular weight excluding hydrogens is 396 g/mol. The molecule has 0 saturated heterocycles. The smallest absolute Gasteiger partial charge is 0.251 e. The molecule has 1 heterocycles. The van der Waals surface area contributed by atoms with Crippen LogP contribution in [-0.2, 0) is 9.84 Å². The second-order valence-electron chi connectivity index (χ2n) is 7.62. The Balaban J connectivity index is 1.90. The summed E-state index contributed by atoms with van der Waals surface area (Å²) in [6.07, 6.45) is 3.12. The van der Waals surface area contributed by atoms with Crippen LogP contribution in [0, 0.1) is 6.92 Å². The molecule has 0 saturated carbocycles. The predicted molar refractivity (Wildman–Crippen MR) is 118 cm³/mol. The van der Waals surface area contributed by atoms with E-state index in [-0.39, 0.29) is 17.3 Å². The molecule has 0 fully saturated rings. The Morgan fingerprint density at radius 1 is 1.00 bits per heavy atom. The molecule has 3 rings (SSSR count). The molecule has 1 aromatic heterocycles. The van der Waals surface area contributed by atoms with Crippen molar-refractivity contribution in [1.82, 2.24) is 10.3 Å². The van der Waals surface area contributed by atoms with E-state index >= 15 is 0 Å². The molecule has 156 valence electrons. The van der Waals surface area contributed by atoms with Gasteiger partial charge in [-0.25, -0.2) is 8.42 Å². The Labute approximate surface area is 178 Å². The van der Waals surface area contributed by atoms with Gasteiger partial charge in [-0.2, -0.15) is 0 Å². The number of nitrogens with zero attached hydrogens (tertiary/aromatic N) is 1. The standard InChI is InChI=1S/C24H26N2O3S/c1-17(2)19-9-11-22(12-10-19)30(28,29)23(21-8-5-13-25-15-21)16-26-24(27)20-7-4-6-18(3)14-20/h4-15,17,23H,16H2,1-3H3,(H,26,27)/t23-/m0/s1. The first-order valence-electron chi connectivity index (χ1n) is 9.87. The van der Waals surface area contributed by atoms with E-state index in [1.807, 2.05) is 25.1 Å². The summed E-state index contributed by atoms with van der Waals surface area (Å²) in [5.41, 5.74) is 3.07. The number of hydrogen-bond donors (Lipinski definition) is 1. The molecule has 0 unspecified atom stereocenters. The first-order chi connectivity index (χ1) is 14.3. The fourth-order valence-electron chi connectivity index (χ4n) is 3.25. The average molecular weight is 423 g/mol. The van der Waals surface area contributed by atoms with Crippen molar-refractivity contribution in [2.24, 2.45) is 0 Å². The molecule has 5 nitrogen and oxygen atoms in total. The largest absolute Gasteiger partial charge is 0.350 e. The lowest BCUT2D eigenvalue weighted by molar-refractivity contribution is 0.0953. The van der Waals surface area contributed by atoms with Gasteiger partial charge < -0.3 is 5.32 Å². The molecule has 0 aliphatic heterocycles. The molecule has 0 radical (unpaired) electrons. The normalized spacial score (nSPS) is 12.5. The van der Waals surface area contributed by atoms with E-state index in [9.17, 15) is 13.2 Å². The quantitative estimate of drug-likeness (QED) is 0.610. The number of aryl methyl sites for hydroxylation is 1. The lowest BCUT2D eigenvalue weighted by Crippen LogP contribution is -2.32. The molecule has 2 aromatic carbocycles. The number of sulfone groups is 1. The van der Waals surface area contributed by atoms with Crippen LogP contribution in [0.3, 0.4) is 0 Å². The van der Waals surface area contributed by atoms with Crippen molar-refractivity contribution >= 4 is 15.7 Å². The Morgan fingerprint density at radius 3 is 2.33 bits per heavy atom. The van der Waals surface area contributed by atoms with Crippen molar-refractivity contribution in [3.05, 3.63) is 95.3 Å². The first-order valence-corrected chi connectivity index (χ1v) is 11.4. The SMILES string of the molecule is Cc1cccc(C(=O)NC[C@@H](c2cccnc2)S(=O)(=O)c2ccc(C(C)C)cc2)c1. The van der Waals surface area contributed by atoms with Crippen molar-refractivity contribution in [2.75, 3.05) is 6.54 Å². The topological polar surface area (TPSA) is 76.1 Å². The third-order valence-corrected chi connectivity index (χ3v) is 7.15. The Bertz CT molecular complexity index is 1110. The number of rotatable bonds is 7. The minimum atomic E-state index is -3.74. The van der Waals surface area contributed by atoms with Crippen molar-refractivity contribution in [3.63, 3.8) is 0 Å². The van der Waals surface area contributed by atoms with Gasteiger partial charge in [0.25, 0.3) is 5.91 Å². The van der Waals surface area contributed by atoms with Crippen LogP contribution >= 0.6 is 0 Å². The zero-order chi connectivity index (χ0) is 21.7. The monoisotopic (exact) mass is 422 g/mol. The van der Waals surface area contributed by atoms with E-state index in [1.165, 1.54) is 6.20 Å². The maximum atomic E-state index is 13.4. The number of carbonyl (C=O) groups excluding carboxylic acids is 1. The van der Waals surface area contributed by atoms with Crippen molar-refractivity contribution in [2.45, 2.75) is 36.8 Å². The number of hydrogen-bond acceptors (Lipinski definition) is 4. The molecule has 1 N–H and O–H groups in total. The highest BCUT2D eigenvalue weighted by atomic mass is 32.2. The average Bonchev–Trinajstić information content (AvgIpc) is 2.74. The third kappa shape index (κ3) is 4.94. The van der Waals surface area contributed by atoms with Crippen LogP contribution in [0.25, 0.3) is 0 Å². The van der Waals surface area contributed by atoms with Crippen LogP contribution in [0.5, 0.6) is 0 Å². The minimum absolute atomic E-state index is 0.0489. The summed E-state index contributed by atoms with van der Waals surface area (Å²) in [5, 5.41) is 1.84. The van der Waals surface area contributed by atoms with E-state index in [0.717, 1.165) is 11.1 Å². The molecule has 0 aliphatic rings. The van der Waals surface area contributed by atoms with E-state index in [0.29, 0.717) is 17.0 Å². The molecule has 3 aromatic rings. The summed E-state index contributed by atoms with van der Waals surface area (Å²) in [6.45, 7) is 5.97. The van der Waals surface area contributed by atoms with E-state index in [2.05, 4.69) is 24.1 Å². The van der Waals surface area contributed by atoms with Gasteiger partial charge in [0.1, 0.15) is 5.25 Å². The number of pyridine rings is 1. The molecule has 1 atom stereocenters. The minimum Gasteiger partial charge on any atom is -0.350 e. The number of nitrogens with one attached hydrogen (secondary N) is 1. The zero-order valence-corrected chi connectivity index (χ0v) is 18.2. The predicted octanol–water partition coefficient (Wildman–Crippen LogP) is 4.46. The highest BCUT2D eigenvalue weighted by Gasteiger charge is 2.30. The van der Waals surface area contributed by atoms with Gasteiger partial charge in [0.15, 0.2) is 9.84 Å². The second-order valence-corrected chi connectivity index (χ2v) is 9.75. The molecule has 1 amide bonds. The van der Waals surface area contributed by atoms with Gasteiger partial charge >= 0.3 is 0 Å². The summed E-state index contributed by atoms with van der Waals surface area (Å²) < 4.78 is 26.9. The van der Waals surface area contributed by atoms with Crippen molar-refractivity contribution in [1.29, 1.82) is 0 Å². The van der Waals surface area contributed by atoms with E-state index in [1.54, 1.807) is 48.7 Å². The van der Waals surface area contributed by atoms with Crippen LogP contribution in [0.1, 0.15) is 52.1 Å². The molecule has 0 spiro atoms. The van der Waals surface area contributed by atoms with Crippen LogP contribution in [0.2, 0.25) is 0 Å². The maximum absolute atomic E-state index is 13.4. The first kappa shape index (κ1) is 21.7. The summed E-state index contributed by atoms with van der Waals surface area (Å²) >= 11 is 0. The summed E-state index contributed by atoms with van der Waals surface area (Å²) in [5.74, 6) is 0.00226. The lowest BCUT2D eigenvalue weighted by atomic mass is 10.0. The summed E-state index contributed by atoms with van der Waals surface area (Å²) in [6, 6.07) is 17.5. The second kappa shape index (κ2) is 9.22. The van der Waals surface area contributed by atoms with Gasteiger partial charge in [-0.3, -0.25) is 9.78 Å². The van der Waals surface area contributed by atoms with Gasteiger partial charge in [0.05, 0.1) is 4.90 Å². The van der Waals surface area contributed by atoms with Gasteiger partial charge in [-0.15, -0.1) is 0 Å². The summed E-state index contributed by atoms with van der Waals surface area (Å²) in [4.78, 5) is 16.9. The lowest BCUT2D eigenvalue weighted by Gasteiger charge is -2.19. The Hall–Kier alpha value is -2.99. The molecule has 6 heteroatoms. The highest BCUT2D eigenvalue weighted by molar-refractivity contribution is 7.91. The van der Waals surface area contributed by atoms with Gasteiger partial charge in [-0.1, -0.05) is 49.7 Å². The number of amides is 1. The molecule has 0 bridgehead atoms. The number of aromatic nitrogens is 1. The number of carbonyl (C=O) groups is 1. The zero-order valence-electron chi connectivity index (χ0n) is 17.4. The third-order valence-electron chi connectivity index (χ3n) is 5.03. The van der Waals surface area contributed by atoms with E-state index < -0.39 is 15.1 Å². The Morgan fingerprint density at radius 2 is 1.73 bits per heavy atom. The number of benzene rings is 2. The van der Waals surface area contributed by atoms with Crippen LogP contribution in [-0.4, -0.2) is 25.9 Å². The van der Waals surface area contributed by atoms with Gasteiger partial charge in [0.2, 0.25) is 0 Å². The van der Waals surface area contributed by atoms with Crippen LogP contribution < -0.4 is 5.32 Å². The van der Waals surface area contributed by atoms with Gasteiger partial charge in [0, 0.05) is 24.5 Å². The highest BCUT2D eigenvalue weighted by Crippen LogP contribution is 2.29. The molecule has 30 heavy (non-hydrogen) atoms. The van der Waals surface area contributed by atoms with Crippen LogP contribution in [0.4, 0.5) is 0 Å². The molecular formula is C24H26N2O3S. The Kier molecular flexibility index (Phi) is 6.67. The van der Waals surface area contributed by atoms with Crippen LogP contribution in [0.15, 0.2) is 78.0 Å².